The summed E-state index contributed by atoms with van der Waals surface area (Å²) >= 11 is 0. The van der Waals surface area contributed by atoms with Gasteiger partial charge in [-0.3, -0.25) is 4.79 Å². The molecule has 1 heterocycles. The number of amides is 1. The molecule has 1 amide bonds. The van der Waals surface area contributed by atoms with Crippen LogP contribution in [0.2, 0.25) is 0 Å². The lowest BCUT2D eigenvalue weighted by molar-refractivity contribution is -0.126. The van der Waals surface area contributed by atoms with Crippen LogP contribution in [0.25, 0.3) is 0 Å². The maximum atomic E-state index is 12.0. The molecule has 5 heteroatoms. The fraction of sp³-hybridized carbons (Fsp3) is 0.533. The van der Waals surface area contributed by atoms with Crippen LogP contribution in [0.4, 0.5) is 0 Å². The molecule has 1 atom stereocenters. The molecule has 110 valence electrons. The van der Waals surface area contributed by atoms with E-state index in [4.69, 9.17) is 15.2 Å². The van der Waals surface area contributed by atoms with Crippen molar-refractivity contribution in [3.8, 4) is 11.5 Å². The van der Waals surface area contributed by atoms with Gasteiger partial charge in [-0.1, -0.05) is 19.4 Å². The first-order chi connectivity index (χ1) is 9.53. The van der Waals surface area contributed by atoms with Crippen molar-refractivity contribution in [1.82, 2.24) is 5.32 Å². The molecule has 0 saturated carbocycles. The monoisotopic (exact) mass is 278 g/mol. The first-order valence-corrected chi connectivity index (χ1v) is 6.98. The van der Waals surface area contributed by atoms with E-state index in [0.717, 1.165) is 23.5 Å². The predicted octanol–water partition coefficient (Wildman–Crippen LogP) is 1.59. The van der Waals surface area contributed by atoms with Crippen molar-refractivity contribution in [2.45, 2.75) is 38.8 Å². The van der Waals surface area contributed by atoms with Gasteiger partial charge in [-0.05, 0) is 31.0 Å². The largest absolute Gasteiger partial charge is 0.486 e. The highest BCUT2D eigenvalue weighted by molar-refractivity contribution is 5.85. The molecule has 0 saturated heterocycles. The minimum Gasteiger partial charge on any atom is -0.486 e. The third-order valence-electron chi connectivity index (χ3n) is 3.35. The van der Waals surface area contributed by atoms with Gasteiger partial charge in [-0.15, -0.1) is 0 Å². The van der Waals surface area contributed by atoms with E-state index in [9.17, 15) is 4.79 Å². The average Bonchev–Trinajstić information content (AvgIpc) is 2.44. The average molecular weight is 278 g/mol. The van der Waals surface area contributed by atoms with Crippen LogP contribution < -0.4 is 20.5 Å². The number of fused-ring (bicyclic) bond motifs is 1. The summed E-state index contributed by atoms with van der Waals surface area (Å²) < 4.78 is 11.0. The molecule has 1 unspecified atom stereocenters. The van der Waals surface area contributed by atoms with Crippen molar-refractivity contribution in [2.24, 2.45) is 5.73 Å². The van der Waals surface area contributed by atoms with E-state index in [1.807, 2.05) is 25.1 Å². The normalized spacial score (nSPS) is 16.4. The minimum atomic E-state index is -0.817. The van der Waals surface area contributed by atoms with Crippen molar-refractivity contribution < 1.29 is 14.3 Å². The van der Waals surface area contributed by atoms with Gasteiger partial charge in [0.25, 0.3) is 0 Å². The van der Waals surface area contributed by atoms with Crippen LogP contribution in [0.5, 0.6) is 11.5 Å². The molecule has 1 aliphatic rings. The Morgan fingerprint density at radius 1 is 1.35 bits per heavy atom. The van der Waals surface area contributed by atoms with Crippen LogP contribution in [-0.4, -0.2) is 24.7 Å². The zero-order valence-electron chi connectivity index (χ0n) is 12.1. The maximum absolute atomic E-state index is 12.0. The highest BCUT2D eigenvalue weighted by atomic mass is 16.6. The van der Waals surface area contributed by atoms with Crippen LogP contribution >= 0.6 is 0 Å². The first-order valence-electron chi connectivity index (χ1n) is 6.98. The van der Waals surface area contributed by atoms with Crippen molar-refractivity contribution in [3.63, 3.8) is 0 Å². The van der Waals surface area contributed by atoms with Gasteiger partial charge in [0.1, 0.15) is 13.2 Å². The van der Waals surface area contributed by atoms with Gasteiger partial charge in [0, 0.05) is 6.54 Å². The fourth-order valence-electron chi connectivity index (χ4n) is 2.21. The number of hydrogen-bond donors (Lipinski definition) is 2. The maximum Gasteiger partial charge on any atom is 0.240 e. The number of carbonyl (C=O) groups excluding carboxylic acids is 1. The topological polar surface area (TPSA) is 73.6 Å². The Kier molecular flexibility index (Phi) is 4.49. The Bertz CT molecular complexity index is 486. The highest BCUT2D eigenvalue weighted by Crippen LogP contribution is 2.30. The van der Waals surface area contributed by atoms with E-state index in [1.165, 1.54) is 0 Å². The third kappa shape index (κ3) is 3.42. The second-order valence-electron chi connectivity index (χ2n) is 5.33. The third-order valence-corrected chi connectivity index (χ3v) is 3.35. The summed E-state index contributed by atoms with van der Waals surface area (Å²) in [6, 6.07) is 5.67. The molecule has 0 aliphatic carbocycles. The summed E-state index contributed by atoms with van der Waals surface area (Å²) in [5.41, 5.74) is 6.14. The number of benzene rings is 1. The zero-order chi connectivity index (χ0) is 14.6. The molecular formula is C15H22N2O3. The van der Waals surface area contributed by atoms with E-state index < -0.39 is 5.54 Å². The molecule has 0 radical (unpaired) electrons. The predicted molar refractivity (Wildman–Crippen MR) is 76.8 cm³/mol. The molecule has 0 aromatic heterocycles. The van der Waals surface area contributed by atoms with Gasteiger partial charge in [0.05, 0.1) is 5.54 Å². The molecule has 0 fully saturated rings. The molecule has 0 spiro atoms. The lowest BCUT2D eigenvalue weighted by Crippen LogP contribution is -2.51. The number of ether oxygens (including phenoxy) is 2. The van der Waals surface area contributed by atoms with Crippen LogP contribution in [-0.2, 0) is 11.3 Å². The lowest BCUT2D eigenvalue weighted by atomic mass is 9.96. The number of nitrogens with two attached hydrogens (primary N) is 1. The van der Waals surface area contributed by atoms with Gasteiger partial charge in [0.2, 0.25) is 5.91 Å². The Labute approximate surface area is 119 Å². The molecule has 3 N–H and O–H groups in total. The summed E-state index contributed by atoms with van der Waals surface area (Å²) in [7, 11) is 0. The minimum absolute atomic E-state index is 0.130. The second kappa shape index (κ2) is 6.13. The van der Waals surface area contributed by atoms with E-state index in [0.29, 0.717) is 26.2 Å². The molecule has 1 aliphatic heterocycles. The van der Waals surface area contributed by atoms with Crippen LogP contribution in [0.15, 0.2) is 18.2 Å². The van der Waals surface area contributed by atoms with Gasteiger partial charge < -0.3 is 20.5 Å². The fourth-order valence-corrected chi connectivity index (χ4v) is 2.21. The number of nitrogens with one attached hydrogen (secondary N) is 1. The Morgan fingerprint density at radius 2 is 2.05 bits per heavy atom. The van der Waals surface area contributed by atoms with E-state index in [-0.39, 0.29) is 5.91 Å². The van der Waals surface area contributed by atoms with Gasteiger partial charge in [0.15, 0.2) is 11.5 Å². The molecule has 1 aromatic carbocycles. The van der Waals surface area contributed by atoms with Crippen molar-refractivity contribution in [3.05, 3.63) is 23.8 Å². The summed E-state index contributed by atoms with van der Waals surface area (Å²) in [6.45, 7) is 5.34. The molecular weight excluding hydrogens is 256 g/mol. The Morgan fingerprint density at radius 3 is 2.75 bits per heavy atom. The summed E-state index contributed by atoms with van der Waals surface area (Å²) in [6.07, 6.45) is 1.55. The molecule has 20 heavy (non-hydrogen) atoms. The van der Waals surface area contributed by atoms with Gasteiger partial charge in [-0.25, -0.2) is 0 Å². The highest BCUT2D eigenvalue weighted by Gasteiger charge is 2.26. The number of hydrogen-bond acceptors (Lipinski definition) is 4. The first kappa shape index (κ1) is 14.7. The smallest absolute Gasteiger partial charge is 0.240 e. The van der Waals surface area contributed by atoms with E-state index >= 15 is 0 Å². The molecule has 5 nitrogen and oxygen atoms in total. The van der Waals surface area contributed by atoms with Gasteiger partial charge in [-0.2, -0.15) is 0 Å². The SMILES string of the molecule is CCCC(C)(N)C(=O)NCc1ccc2c(c1)OCCO2. The summed E-state index contributed by atoms with van der Waals surface area (Å²) in [5.74, 6) is 1.35. The van der Waals surface area contributed by atoms with Crippen molar-refractivity contribution in [2.75, 3.05) is 13.2 Å². The van der Waals surface area contributed by atoms with E-state index in [2.05, 4.69) is 5.32 Å². The lowest BCUT2D eigenvalue weighted by Gasteiger charge is -2.23. The molecule has 1 aromatic rings. The van der Waals surface area contributed by atoms with Crippen LogP contribution in [0.1, 0.15) is 32.3 Å². The zero-order valence-corrected chi connectivity index (χ0v) is 12.1. The van der Waals surface area contributed by atoms with Crippen LogP contribution in [0.3, 0.4) is 0 Å². The Balaban J connectivity index is 1.96. The summed E-state index contributed by atoms with van der Waals surface area (Å²) in [4.78, 5) is 12.0. The van der Waals surface area contributed by atoms with E-state index in [1.54, 1.807) is 6.92 Å². The molecule has 2 rings (SSSR count). The Hall–Kier alpha value is -1.75. The summed E-state index contributed by atoms with van der Waals surface area (Å²) in [5, 5.41) is 2.87. The van der Waals surface area contributed by atoms with Gasteiger partial charge >= 0.3 is 0 Å². The second-order valence-corrected chi connectivity index (χ2v) is 5.33. The van der Waals surface area contributed by atoms with Crippen LogP contribution in [0, 0.1) is 0 Å². The number of carbonyl (C=O) groups is 1. The van der Waals surface area contributed by atoms with Crippen molar-refractivity contribution in [1.29, 1.82) is 0 Å². The standard InChI is InChI=1S/C15H22N2O3/c1-3-6-15(2,16)14(18)17-10-11-4-5-12-13(9-11)20-8-7-19-12/h4-5,9H,3,6-8,10,16H2,1-2H3,(H,17,18). The number of rotatable bonds is 5. The van der Waals surface area contributed by atoms with Crippen molar-refractivity contribution >= 4 is 5.91 Å². The molecule has 0 bridgehead atoms. The quantitative estimate of drug-likeness (QED) is 0.858.